The Labute approximate surface area is 100 Å². The van der Waals surface area contributed by atoms with Crippen LogP contribution in [0.2, 0.25) is 0 Å². The number of fused-ring (bicyclic) bond motifs is 1. The topological polar surface area (TPSA) is 85.2 Å². The van der Waals surface area contributed by atoms with Crippen LogP contribution >= 0.6 is 11.3 Å². The molecule has 0 fully saturated rings. The van der Waals surface area contributed by atoms with Gasteiger partial charge in [-0.25, -0.2) is 0 Å². The van der Waals surface area contributed by atoms with Crippen molar-refractivity contribution < 1.29 is 4.74 Å². The summed E-state index contributed by atoms with van der Waals surface area (Å²) in [6.45, 7) is 0. The number of nitrogens with zero attached hydrogens (tertiary/aromatic N) is 4. The number of nitrogens with two attached hydrogens (primary N) is 1. The number of thiazole rings is 1. The average Bonchev–Trinajstić information content (AvgIpc) is 2.64. The maximum Gasteiger partial charge on any atom is 0.203 e. The van der Waals surface area contributed by atoms with Crippen LogP contribution in [-0.4, -0.2) is 11.4 Å². The number of ether oxygens (including phenoxy) is 1. The van der Waals surface area contributed by atoms with Crippen molar-refractivity contribution in [3.63, 3.8) is 0 Å². The Hall–Kier alpha value is -1.80. The third kappa shape index (κ3) is 2.41. The Morgan fingerprint density at radius 3 is 3.19 bits per heavy atom. The van der Waals surface area contributed by atoms with Crippen LogP contribution in [0.5, 0.6) is 5.75 Å². The first-order valence-electron chi connectivity index (χ1n) is 4.15. The van der Waals surface area contributed by atoms with Crippen molar-refractivity contribution in [3.05, 3.63) is 18.2 Å². The maximum absolute atomic E-state index is 5.17. The smallest absolute Gasteiger partial charge is 0.203 e. The second-order valence-corrected chi connectivity index (χ2v) is 4.33. The quantitative estimate of drug-likeness (QED) is 0.225. The summed E-state index contributed by atoms with van der Waals surface area (Å²) in [7, 11) is 0. The molecule has 0 saturated carbocycles. The molecule has 0 atom stereocenters. The molecule has 2 N–H and O–H groups in total. The van der Waals surface area contributed by atoms with Gasteiger partial charge in [0.15, 0.2) is 0 Å². The summed E-state index contributed by atoms with van der Waals surface area (Å²) in [6, 6.07) is 5.42. The van der Waals surface area contributed by atoms with Gasteiger partial charge in [0.1, 0.15) is 5.75 Å². The molecule has 0 radical (unpaired) electrons. The predicted octanol–water partition coefficient (Wildman–Crippen LogP) is 1.85. The number of benzene rings is 1. The summed E-state index contributed by atoms with van der Waals surface area (Å²) in [5.41, 5.74) is 0.862. The zero-order valence-corrected chi connectivity index (χ0v) is 9.53. The van der Waals surface area contributed by atoms with Crippen molar-refractivity contribution in [1.82, 2.24) is 4.98 Å². The Morgan fingerprint density at radius 2 is 2.38 bits per heavy atom. The largest absolute Gasteiger partial charge is 0.444 e. The number of hydrogen-bond donors (Lipinski definition) is 1. The zero-order valence-electron chi connectivity index (χ0n) is 7.90. The van der Waals surface area contributed by atoms with E-state index in [1.165, 1.54) is 11.3 Å². The van der Waals surface area contributed by atoms with Crippen molar-refractivity contribution in [3.8, 4) is 5.75 Å². The molecule has 0 aliphatic heterocycles. The molecule has 6 nitrogen and oxygen atoms in total. The van der Waals surface area contributed by atoms with E-state index >= 15 is 0 Å². The molecule has 0 unspecified atom stereocenters. The molecule has 0 amide bonds. The van der Waals surface area contributed by atoms with Crippen LogP contribution in [0.15, 0.2) is 38.1 Å². The van der Waals surface area contributed by atoms with Gasteiger partial charge < -0.3 is 34.5 Å². The van der Waals surface area contributed by atoms with Crippen LogP contribution in [0.25, 0.3) is 10.2 Å². The van der Waals surface area contributed by atoms with E-state index in [9.17, 15) is 0 Å². The first kappa shape index (κ1) is 10.7. The van der Waals surface area contributed by atoms with Gasteiger partial charge in [0.05, 0.1) is 5.52 Å². The van der Waals surface area contributed by atoms with Crippen LogP contribution in [0.3, 0.4) is 0 Å². The van der Waals surface area contributed by atoms with E-state index in [1.807, 2.05) is 12.1 Å². The summed E-state index contributed by atoms with van der Waals surface area (Å²) in [6.07, 6.45) is 1.15. The van der Waals surface area contributed by atoms with Gasteiger partial charge in [-0.1, -0.05) is 10.3 Å². The summed E-state index contributed by atoms with van der Waals surface area (Å²) in [5.74, 6) is 5.38. The maximum atomic E-state index is 5.17. The Bertz CT molecular complexity index is 550. The van der Waals surface area contributed by atoms with E-state index in [0.29, 0.717) is 10.1 Å². The lowest BCUT2D eigenvalue weighted by atomic mass is 10.3. The first-order chi connectivity index (χ1) is 7.79. The summed E-state index contributed by atoms with van der Waals surface area (Å²) in [4.78, 5) is 4.16. The van der Waals surface area contributed by atoms with Crippen LogP contribution in [0, 0.1) is 0 Å². The Balaban J connectivity index is 2.19. The molecule has 8 heteroatoms. The summed E-state index contributed by atoms with van der Waals surface area (Å²) < 4.78 is 6.75. The fourth-order valence-electron chi connectivity index (χ4n) is 1.09. The number of aromatic nitrogens is 1. The van der Waals surface area contributed by atoms with Crippen molar-refractivity contribution in [2.24, 2.45) is 21.4 Å². The molecule has 1 heterocycles. The minimum Gasteiger partial charge on any atom is -0.444 e. The van der Waals surface area contributed by atoms with E-state index < -0.39 is 0 Å². The fourth-order valence-corrected chi connectivity index (χ4v) is 2.19. The molecule has 82 valence electrons. The minimum absolute atomic E-state index is 0.609. The third-order valence-electron chi connectivity index (χ3n) is 1.68. The van der Waals surface area contributed by atoms with Gasteiger partial charge in [-0.3, -0.25) is 4.98 Å². The van der Waals surface area contributed by atoms with Crippen molar-refractivity contribution >= 4 is 40.6 Å². The summed E-state index contributed by atoms with van der Waals surface area (Å²) in [5, 5.41) is 9.54. The SMILES string of the molecule is N/N=N/N=C/Oc1ccc2nc([S-])sc2c1. The molecule has 0 aliphatic carbocycles. The van der Waals surface area contributed by atoms with Crippen LogP contribution in [0.4, 0.5) is 0 Å². The third-order valence-corrected chi connectivity index (χ3v) is 2.83. The minimum atomic E-state index is 0.609. The average molecular weight is 252 g/mol. The highest BCUT2D eigenvalue weighted by molar-refractivity contribution is 7.63. The Kier molecular flexibility index (Phi) is 3.22. The first-order valence-corrected chi connectivity index (χ1v) is 5.38. The van der Waals surface area contributed by atoms with Crippen LogP contribution < -0.4 is 10.6 Å². The van der Waals surface area contributed by atoms with Crippen LogP contribution in [-0.2, 0) is 12.6 Å². The van der Waals surface area contributed by atoms with Gasteiger partial charge in [-0.2, -0.15) is 0 Å². The molecule has 2 aromatic rings. The van der Waals surface area contributed by atoms with Gasteiger partial charge in [0.2, 0.25) is 6.40 Å². The molecular formula is C8H6N5OS2-. The van der Waals surface area contributed by atoms with Gasteiger partial charge in [-0.05, 0) is 32.5 Å². The molecule has 2 rings (SSSR count). The highest BCUT2D eigenvalue weighted by Gasteiger charge is 1.96. The number of rotatable bonds is 3. The lowest BCUT2D eigenvalue weighted by Crippen LogP contribution is -1.88. The van der Waals surface area contributed by atoms with E-state index in [2.05, 4.69) is 20.5 Å². The molecule has 1 aromatic heterocycles. The monoisotopic (exact) mass is 252 g/mol. The number of hydrogen-bond acceptors (Lipinski definition) is 6. The van der Waals surface area contributed by atoms with E-state index in [0.717, 1.165) is 16.6 Å². The highest BCUT2D eigenvalue weighted by atomic mass is 32.2. The van der Waals surface area contributed by atoms with Gasteiger partial charge in [-0.15, -0.1) is 0 Å². The van der Waals surface area contributed by atoms with E-state index in [-0.39, 0.29) is 0 Å². The second kappa shape index (κ2) is 4.81. The van der Waals surface area contributed by atoms with Crippen molar-refractivity contribution in [2.45, 2.75) is 4.34 Å². The van der Waals surface area contributed by atoms with E-state index in [1.54, 1.807) is 6.07 Å². The van der Waals surface area contributed by atoms with Gasteiger partial charge >= 0.3 is 0 Å². The summed E-state index contributed by atoms with van der Waals surface area (Å²) >= 11 is 6.40. The van der Waals surface area contributed by atoms with Crippen molar-refractivity contribution in [1.29, 1.82) is 0 Å². The van der Waals surface area contributed by atoms with E-state index in [4.69, 9.17) is 23.2 Å². The molecule has 0 saturated heterocycles. The standard InChI is InChI=1S/C8H7N5OS2/c9-12-13-10-4-14-5-1-2-6-7(3-5)16-8(15)11-6/h1-4H,(H2,9,13)(H,11,15)/p-1/b10-4+. The zero-order chi connectivity index (χ0) is 11.4. The molecule has 0 spiro atoms. The lowest BCUT2D eigenvalue weighted by Gasteiger charge is -1.98. The predicted molar refractivity (Wildman–Crippen MR) is 63.4 cm³/mol. The second-order valence-electron chi connectivity index (χ2n) is 2.65. The highest BCUT2D eigenvalue weighted by Crippen LogP contribution is 2.25. The molecule has 0 aliphatic rings. The molecule has 16 heavy (non-hydrogen) atoms. The van der Waals surface area contributed by atoms with Crippen molar-refractivity contribution in [2.75, 3.05) is 0 Å². The fraction of sp³-hybridized carbons (Fsp3) is 0. The van der Waals surface area contributed by atoms with Gasteiger partial charge in [0.25, 0.3) is 0 Å². The van der Waals surface area contributed by atoms with Gasteiger partial charge in [0, 0.05) is 0 Å². The van der Waals surface area contributed by atoms with Crippen LogP contribution in [0.1, 0.15) is 0 Å². The molecule has 0 bridgehead atoms. The Morgan fingerprint density at radius 1 is 1.50 bits per heavy atom. The molecule has 1 aromatic carbocycles. The lowest BCUT2D eigenvalue weighted by molar-refractivity contribution is 0.571. The molecular weight excluding hydrogens is 246 g/mol. The normalized spacial score (nSPS) is 11.8.